The van der Waals surface area contributed by atoms with Crippen LogP contribution in [-0.2, 0) is 16.5 Å². The highest BCUT2D eigenvalue weighted by Crippen LogP contribution is 2.51. The summed E-state index contributed by atoms with van der Waals surface area (Å²) in [6.07, 6.45) is 4.19. The predicted octanol–water partition coefficient (Wildman–Crippen LogP) is 4.76. The molecule has 2 aliphatic rings. The highest BCUT2D eigenvalue weighted by atomic mass is 35.5. The molecule has 0 saturated carbocycles. The van der Waals surface area contributed by atoms with Crippen LogP contribution in [0.4, 0.5) is 21.8 Å². The molecule has 1 saturated heterocycles. The van der Waals surface area contributed by atoms with E-state index in [2.05, 4.69) is 33.2 Å². The number of halogens is 2. The third kappa shape index (κ3) is 6.15. The zero-order chi connectivity index (χ0) is 30.1. The van der Waals surface area contributed by atoms with Gasteiger partial charge < -0.3 is 22.1 Å². The van der Waals surface area contributed by atoms with Crippen molar-refractivity contribution in [2.75, 3.05) is 29.5 Å². The van der Waals surface area contributed by atoms with Crippen molar-refractivity contribution in [2.45, 2.75) is 40.1 Å². The number of pyridine rings is 1. The molecule has 1 aliphatic heterocycles. The van der Waals surface area contributed by atoms with Gasteiger partial charge >= 0.3 is 0 Å². The Labute approximate surface area is 252 Å². The quantitative estimate of drug-likeness (QED) is 0.229. The highest BCUT2D eigenvalue weighted by molar-refractivity contribution is 7.99. The molecule has 6 rings (SSSR count). The van der Waals surface area contributed by atoms with E-state index in [1.807, 2.05) is 11.0 Å². The van der Waals surface area contributed by atoms with Crippen LogP contribution in [0.3, 0.4) is 0 Å². The van der Waals surface area contributed by atoms with Gasteiger partial charge in [-0.1, -0.05) is 65.8 Å². The number of benzene rings is 2. The first-order valence-corrected chi connectivity index (χ1v) is 15.6. The average Bonchev–Trinajstić information content (AvgIpc) is 3.24. The Morgan fingerprint density at radius 2 is 1.67 bits per heavy atom. The molecule has 42 heavy (non-hydrogen) atoms. The molecule has 2 aromatic carbocycles. The number of nitrogen functional groups attached to an aromatic ring is 2. The molecule has 0 unspecified atom stereocenters. The van der Waals surface area contributed by atoms with Crippen LogP contribution >= 0.6 is 23.4 Å². The summed E-state index contributed by atoms with van der Waals surface area (Å²) in [6.45, 7) is 1.29. The number of fused-ring (bicyclic) bond motifs is 1. The van der Waals surface area contributed by atoms with Crippen LogP contribution in [0.15, 0.2) is 81.7 Å². The predicted molar refractivity (Wildman–Crippen MR) is 161 cm³/mol. The maximum atomic E-state index is 15.0. The first kappa shape index (κ1) is 30.0. The van der Waals surface area contributed by atoms with E-state index in [9.17, 15) is 12.8 Å². The molecular weight excluding hydrogens is 601 g/mol. The Bertz CT molecular complexity index is 1710. The fourth-order valence-electron chi connectivity index (χ4n) is 5.37. The van der Waals surface area contributed by atoms with E-state index >= 15 is 0 Å². The molecule has 2 aromatic heterocycles. The molecule has 10 nitrogen and oxygen atoms in total. The summed E-state index contributed by atoms with van der Waals surface area (Å²) in [5.41, 5.74) is 21.1. The van der Waals surface area contributed by atoms with E-state index in [4.69, 9.17) is 33.4 Å². The van der Waals surface area contributed by atoms with E-state index in [0.29, 0.717) is 18.0 Å². The van der Waals surface area contributed by atoms with E-state index in [0.717, 1.165) is 31.0 Å². The lowest BCUT2D eigenvalue weighted by Crippen LogP contribution is -2.45. The largest absolute Gasteiger partial charge is 0.382 e. The van der Waals surface area contributed by atoms with Gasteiger partial charge in [0, 0.05) is 30.2 Å². The van der Waals surface area contributed by atoms with E-state index < -0.39 is 16.1 Å². The SMILES string of the molecule is Nc1nc(N2CCC3(CC2)Cc2ccccc2[C@H]3N)c(F)nc1Sc1ccnc(N)c1Cl.O=S(=O)(O)c1ccccc1. The van der Waals surface area contributed by atoms with Crippen molar-refractivity contribution in [3.05, 3.63) is 89.0 Å². The molecule has 0 bridgehead atoms. The normalized spacial score (nSPS) is 17.4. The molecule has 1 atom stereocenters. The van der Waals surface area contributed by atoms with Crippen molar-refractivity contribution in [1.82, 2.24) is 15.0 Å². The van der Waals surface area contributed by atoms with Gasteiger partial charge in [0.15, 0.2) is 11.6 Å². The lowest BCUT2D eigenvalue weighted by Gasteiger charge is -2.42. The van der Waals surface area contributed by atoms with Crippen molar-refractivity contribution >= 4 is 50.9 Å². The molecule has 0 amide bonds. The Hall–Kier alpha value is -3.49. The van der Waals surface area contributed by atoms with Crippen LogP contribution in [0.5, 0.6) is 0 Å². The maximum Gasteiger partial charge on any atom is 0.294 e. The Balaban J connectivity index is 0.000000300. The fraction of sp³-hybridized carbons (Fsp3) is 0.250. The lowest BCUT2D eigenvalue weighted by molar-refractivity contribution is 0.186. The molecule has 220 valence electrons. The van der Waals surface area contributed by atoms with Crippen LogP contribution in [0.1, 0.15) is 30.0 Å². The van der Waals surface area contributed by atoms with Gasteiger partial charge in [0.1, 0.15) is 10.8 Å². The third-order valence-electron chi connectivity index (χ3n) is 7.61. The second-order valence-corrected chi connectivity index (χ2v) is 13.0. The molecule has 14 heteroatoms. The summed E-state index contributed by atoms with van der Waals surface area (Å²) in [6, 6.07) is 17.5. The summed E-state index contributed by atoms with van der Waals surface area (Å²) >= 11 is 7.29. The van der Waals surface area contributed by atoms with Gasteiger partial charge in [0.2, 0.25) is 0 Å². The van der Waals surface area contributed by atoms with Crippen LogP contribution in [0, 0.1) is 11.4 Å². The number of hydrogen-bond donors (Lipinski definition) is 4. The van der Waals surface area contributed by atoms with E-state index in [1.165, 1.54) is 29.5 Å². The number of hydrogen-bond acceptors (Lipinski definition) is 10. The smallest absolute Gasteiger partial charge is 0.294 e. The van der Waals surface area contributed by atoms with Gasteiger partial charge in [-0.25, -0.2) is 15.0 Å². The van der Waals surface area contributed by atoms with Gasteiger partial charge in [-0.3, -0.25) is 4.55 Å². The van der Waals surface area contributed by atoms with Gasteiger partial charge in [0.05, 0.1) is 9.92 Å². The van der Waals surface area contributed by atoms with Crippen molar-refractivity contribution in [3.63, 3.8) is 0 Å². The molecule has 1 fully saturated rings. The van der Waals surface area contributed by atoms with Crippen LogP contribution in [0.2, 0.25) is 5.02 Å². The Morgan fingerprint density at radius 3 is 2.31 bits per heavy atom. The fourth-order valence-corrected chi connectivity index (χ4v) is 6.90. The van der Waals surface area contributed by atoms with E-state index in [1.54, 1.807) is 24.3 Å². The number of nitrogens with two attached hydrogens (primary N) is 3. The minimum Gasteiger partial charge on any atom is -0.382 e. The highest BCUT2D eigenvalue weighted by Gasteiger charge is 2.46. The second kappa shape index (κ2) is 12.0. The minimum absolute atomic E-state index is 0.00169. The summed E-state index contributed by atoms with van der Waals surface area (Å²) in [7, 11) is -4.00. The number of nitrogens with zero attached hydrogens (tertiary/aromatic N) is 4. The van der Waals surface area contributed by atoms with Crippen molar-refractivity contribution < 1.29 is 17.4 Å². The lowest BCUT2D eigenvalue weighted by atomic mass is 9.73. The summed E-state index contributed by atoms with van der Waals surface area (Å²) < 4.78 is 44.2. The first-order chi connectivity index (χ1) is 20.0. The minimum atomic E-state index is -4.00. The molecule has 7 N–H and O–H groups in total. The van der Waals surface area contributed by atoms with Crippen molar-refractivity contribution in [3.8, 4) is 0 Å². The molecule has 1 aliphatic carbocycles. The summed E-state index contributed by atoms with van der Waals surface area (Å²) in [5, 5.41) is 0.513. The topological polar surface area (TPSA) is 174 Å². The molecule has 4 aromatic rings. The zero-order valence-electron chi connectivity index (χ0n) is 22.3. The first-order valence-electron chi connectivity index (χ1n) is 13.0. The van der Waals surface area contributed by atoms with Crippen molar-refractivity contribution in [2.24, 2.45) is 11.1 Å². The van der Waals surface area contributed by atoms with Crippen molar-refractivity contribution in [1.29, 1.82) is 0 Å². The van der Waals surface area contributed by atoms with Gasteiger partial charge in [-0.05, 0) is 54.0 Å². The van der Waals surface area contributed by atoms with Crippen LogP contribution < -0.4 is 22.1 Å². The zero-order valence-corrected chi connectivity index (χ0v) is 24.7. The van der Waals surface area contributed by atoms with Crippen LogP contribution in [0.25, 0.3) is 0 Å². The standard InChI is InChI=1S/C22H23ClFN7S.C6H6O3S/c23-15-14(5-8-28-18(15)26)32-21-19(27)30-20(17(24)29-21)31-9-6-22(7-10-31)11-12-3-1-2-4-13(12)16(22)25;7-10(8,9)6-4-2-1-3-5-6/h1-5,8,16H,6-7,9-11,25H2,(H2,26,28)(H2,27,30);1-5H,(H,7,8,9)/t16-;/m1./s1. The molecule has 3 heterocycles. The number of aromatic nitrogens is 3. The Kier molecular flexibility index (Phi) is 8.58. The number of piperidine rings is 1. The molecule has 0 radical (unpaired) electrons. The average molecular weight is 630 g/mol. The van der Waals surface area contributed by atoms with E-state index in [-0.39, 0.29) is 43.9 Å². The maximum absolute atomic E-state index is 15.0. The monoisotopic (exact) mass is 629 g/mol. The number of anilines is 3. The third-order valence-corrected chi connectivity index (χ3v) is 10.0. The molecular formula is C28H29ClFN7O3S2. The second-order valence-electron chi connectivity index (χ2n) is 10.1. The van der Waals surface area contributed by atoms with Gasteiger partial charge in [0.25, 0.3) is 16.1 Å². The summed E-state index contributed by atoms with van der Waals surface area (Å²) in [5.74, 6) is -0.154. The summed E-state index contributed by atoms with van der Waals surface area (Å²) in [4.78, 5) is 14.8. The Morgan fingerprint density at radius 1 is 1.00 bits per heavy atom. The van der Waals surface area contributed by atoms with Gasteiger partial charge in [-0.2, -0.15) is 12.8 Å². The van der Waals surface area contributed by atoms with Gasteiger partial charge in [-0.15, -0.1) is 0 Å². The molecule has 1 spiro atoms. The van der Waals surface area contributed by atoms with Crippen LogP contribution in [-0.4, -0.2) is 41.0 Å². The number of rotatable bonds is 4.